The predicted molar refractivity (Wildman–Crippen MR) is 80.0 cm³/mol. The van der Waals surface area contributed by atoms with Gasteiger partial charge in [-0.2, -0.15) is 0 Å². The van der Waals surface area contributed by atoms with Gasteiger partial charge in [-0.25, -0.2) is 4.90 Å². The van der Waals surface area contributed by atoms with Gasteiger partial charge in [0.1, 0.15) is 0 Å². The zero-order chi connectivity index (χ0) is 14.3. The van der Waals surface area contributed by atoms with Crippen LogP contribution in [-0.2, 0) is 16.0 Å². The predicted octanol–water partition coefficient (Wildman–Crippen LogP) is 3.49. The fourth-order valence-electron chi connectivity index (χ4n) is 2.52. The molecule has 3 nitrogen and oxygen atoms in total. The number of rotatable bonds is 2. The number of halogens is 1. The van der Waals surface area contributed by atoms with Crippen LogP contribution in [0, 0.1) is 0 Å². The maximum absolute atomic E-state index is 12.0. The number of amides is 2. The Kier molecular flexibility index (Phi) is 3.07. The van der Waals surface area contributed by atoms with E-state index in [2.05, 4.69) is 0 Å². The van der Waals surface area contributed by atoms with Crippen LogP contribution >= 0.6 is 11.6 Å². The Morgan fingerprint density at radius 1 is 1.00 bits per heavy atom. The number of carbonyl (C=O) groups excluding carboxylic acids is 2. The minimum Gasteiger partial charge on any atom is -0.269 e. The van der Waals surface area contributed by atoms with E-state index in [0.717, 1.165) is 22.8 Å². The Balaban J connectivity index is 2.35. The van der Waals surface area contributed by atoms with Gasteiger partial charge in [-0.3, -0.25) is 9.59 Å². The minimum absolute atomic E-state index is 0.308. The third-order valence-electron chi connectivity index (χ3n) is 3.48. The molecule has 0 saturated heterocycles. The second-order valence-corrected chi connectivity index (χ2v) is 5.01. The first-order chi connectivity index (χ1) is 9.63. The van der Waals surface area contributed by atoms with E-state index in [4.69, 9.17) is 11.6 Å². The summed E-state index contributed by atoms with van der Waals surface area (Å²) in [5, 5.41) is 2.27. The van der Waals surface area contributed by atoms with Gasteiger partial charge in [-0.15, -0.1) is 0 Å². The molecule has 4 heteroatoms. The highest BCUT2D eigenvalue weighted by Crippen LogP contribution is 2.36. The van der Waals surface area contributed by atoms with Crippen molar-refractivity contribution in [3.63, 3.8) is 0 Å². The van der Waals surface area contributed by atoms with Gasteiger partial charge in [-0.1, -0.05) is 42.8 Å². The maximum Gasteiger partial charge on any atom is 0.258 e. The lowest BCUT2D eigenvalue weighted by Crippen LogP contribution is -2.30. The van der Waals surface area contributed by atoms with Crippen LogP contribution in [0.1, 0.15) is 12.5 Å². The summed E-state index contributed by atoms with van der Waals surface area (Å²) >= 11 is 6.20. The van der Waals surface area contributed by atoms with Crippen molar-refractivity contribution in [2.45, 2.75) is 13.3 Å². The van der Waals surface area contributed by atoms with Gasteiger partial charge in [0.15, 0.2) is 0 Å². The van der Waals surface area contributed by atoms with Crippen molar-refractivity contribution in [2.24, 2.45) is 0 Å². The zero-order valence-corrected chi connectivity index (χ0v) is 11.6. The van der Waals surface area contributed by atoms with Crippen LogP contribution in [0.5, 0.6) is 0 Å². The first-order valence-electron chi connectivity index (χ1n) is 6.39. The van der Waals surface area contributed by atoms with E-state index in [9.17, 15) is 9.59 Å². The normalized spacial score (nSPS) is 14.6. The fourth-order valence-corrected chi connectivity index (χ4v) is 2.76. The summed E-state index contributed by atoms with van der Waals surface area (Å²) in [6.45, 7) is 1.99. The lowest BCUT2D eigenvalue weighted by Gasteiger charge is -2.20. The largest absolute Gasteiger partial charge is 0.269 e. The molecule has 0 fully saturated rings. The summed E-state index contributed by atoms with van der Waals surface area (Å²) in [5.74, 6) is -0.616. The Morgan fingerprint density at radius 3 is 2.35 bits per heavy atom. The van der Waals surface area contributed by atoms with Gasteiger partial charge in [0.05, 0.1) is 5.69 Å². The van der Waals surface area contributed by atoms with E-state index < -0.39 is 0 Å². The Morgan fingerprint density at radius 2 is 1.70 bits per heavy atom. The van der Waals surface area contributed by atoms with E-state index in [1.54, 1.807) is 6.07 Å². The highest BCUT2D eigenvalue weighted by molar-refractivity contribution is 6.37. The number of anilines is 1. The summed E-state index contributed by atoms with van der Waals surface area (Å²) in [6.07, 6.45) is 3.32. The van der Waals surface area contributed by atoms with E-state index in [1.807, 2.05) is 31.2 Å². The number of benzene rings is 2. The van der Waals surface area contributed by atoms with Crippen LogP contribution < -0.4 is 4.90 Å². The topological polar surface area (TPSA) is 37.4 Å². The second-order valence-electron chi connectivity index (χ2n) is 4.61. The number of hydrogen-bond donors (Lipinski definition) is 0. The average Bonchev–Trinajstić information content (AvgIpc) is 2.77. The SMILES string of the molecule is CCc1ccc2c(Cl)cccc2c1N1C(=O)C=CC1=O. The molecule has 0 bridgehead atoms. The van der Waals surface area contributed by atoms with Crippen LogP contribution in [-0.4, -0.2) is 11.8 Å². The molecule has 1 heterocycles. The number of aryl methyl sites for hydroxylation is 1. The Labute approximate surface area is 121 Å². The molecular formula is C16H12ClNO2. The van der Waals surface area contributed by atoms with E-state index in [-0.39, 0.29) is 11.8 Å². The molecule has 0 spiro atoms. The molecular weight excluding hydrogens is 274 g/mol. The standard InChI is InChI=1S/C16H12ClNO2/c1-2-10-6-7-11-12(4-3-5-13(11)17)16(10)18-14(19)8-9-15(18)20/h3-9H,2H2,1H3. The Bertz CT molecular complexity index is 746. The molecule has 2 aromatic carbocycles. The molecule has 20 heavy (non-hydrogen) atoms. The molecule has 2 aromatic rings. The smallest absolute Gasteiger partial charge is 0.258 e. The number of imide groups is 1. The van der Waals surface area contributed by atoms with Crippen molar-refractivity contribution >= 4 is 39.9 Å². The van der Waals surface area contributed by atoms with Crippen molar-refractivity contribution < 1.29 is 9.59 Å². The van der Waals surface area contributed by atoms with E-state index in [0.29, 0.717) is 10.7 Å². The molecule has 1 aliphatic heterocycles. The van der Waals surface area contributed by atoms with E-state index in [1.165, 1.54) is 17.1 Å². The molecule has 0 unspecified atom stereocenters. The van der Waals surface area contributed by atoms with Crippen molar-refractivity contribution in [1.82, 2.24) is 0 Å². The lowest BCUT2D eigenvalue weighted by atomic mass is 10.0. The summed E-state index contributed by atoms with van der Waals surface area (Å²) in [4.78, 5) is 25.2. The number of fused-ring (bicyclic) bond motifs is 1. The van der Waals surface area contributed by atoms with Gasteiger partial charge >= 0.3 is 0 Å². The molecule has 0 aromatic heterocycles. The molecule has 2 amide bonds. The van der Waals surface area contributed by atoms with Gasteiger partial charge in [0, 0.05) is 27.9 Å². The monoisotopic (exact) mass is 285 g/mol. The molecule has 1 aliphatic rings. The average molecular weight is 286 g/mol. The molecule has 3 rings (SSSR count). The molecule has 0 N–H and O–H groups in total. The summed E-state index contributed by atoms with van der Waals surface area (Å²) < 4.78 is 0. The lowest BCUT2D eigenvalue weighted by molar-refractivity contribution is -0.119. The molecule has 0 saturated carbocycles. The van der Waals surface area contributed by atoms with Gasteiger partial charge in [-0.05, 0) is 18.1 Å². The Hall–Kier alpha value is -2.13. The van der Waals surface area contributed by atoms with Gasteiger partial charge < -0.3 is 0 Å². The highest BCUT2D eigenvalue weighted by atomic mass is 35.5. The highest BCUT2D eigenvalue weighted by Gasteiger charge is 2.28. The molecule has 100 valence electrons. The summed E-state index contributed by atoms with van der Waals surface area (Å²) in [7, 11) is 0. The van der Waals surface area contributed by atoms with Gasteiger partial charge in [0.2, 0.25) is 0 Å². The number of carbonyl (C=O) groups is 2. The van der Waals surface area contributed by atoms with Crippen molar-refractivity contribution in [3.8, 4) is 0 Å². The van der Waals surface area contributed by atoms with Crippen LogP contribution in [0.25, 0.3) is 10.8 Å². The van der Waals surface area contributed by atoms with Gasteiger partial charge in [0.25, 0.3) is 11.8 Å². The van der Waals surface area contributed by atoms with Crippen LogP contribution in [0.4, 0.5) is 5.69 Å². The molecule has 0 aliphatic carbocycles. The summed E-state index contributed by atoms with van der Waals surface area (Å²) in [5.41, 5.74) is 1.60. The molecule has 0 atom stereocenters. The number of nitrogens with zero attached hydrogens (tertiary/aromatic N) is 1. The first-order valence-corrected chi connectivity index (χ1v) is 6.77. The second kappa shape index (κ2) is 4.76. The number of hydrogen-bond acceptors (Lipinski definition) is 2. The zero-order valence-electron chi connectivity index (χ0n) is 10.9. The van der Waals surface area contributed by atoms with Crippen LogP contribution in [0.2, 0.25) is 5.02 Å². The third-order valence-corrected chi connectivity index (χ3v) is 3.81. The molecule has 0 radical (unpaired) electrons. The van der Waals surface area contributed by atoms with Crippen LogP contribution in [0.15, 0.2) is 42.5 Å². The van der Waals surface area contributed by atoms with Crippen LogP contribution in [0.3, 0.4) is 0 Å². The minimum atomic E-state index is -0.308. The fraction of sp³-hybridized carbons (Fsp3) is 0.125. The van der Waals surface area contributed by atoms with Crippen molar-refractivity contribution in [1.29, 1.82) is 0 Å². The van der Waals surface area contributed by atoms with Crippen molar-refractivity contribution in [3.05, 3.63) is 53.1 Å². The third kappa shape index (κ3) is 1.82. The quantitative estimate of drug-likeness (QED) is 0.792. The van der Waals surface area contributed by atoms with Crippen molar-refractivity contribution in [2.75, 3.05) is 4.90 Å². The maximum atomic E-state index is 12.0. The summed E-state index contributed by atoms with van der Waals surface area (Å²) in [6, 6.07) is 9.35. The van der Waals surface area contributed by atoms with E-state index >= 15 is 0 Å². The first kappa shape index (κ1) is 12.9.